The molecule has 0 aromatic heterocycles. The second-order valence-electron chi connectivity index (χ2n) is 3.65. The fraction of sp³-hybridized carbons (Fsp3) is 0.231. The number of benzene rings is 1. The van der Waals surface area contributed by atoms with E-state index in [0.717, 1.165) is 5.56 Å². The fourth-order valence-corrected chi connectivity index (χ4v) is 1.41. The molecule has 0 fully saturated rings. The van der Waals surface area contributed by atoms with Crippen LogP contribution in [0.1, 0.15) is 12.0 Å². The van der Waals surface area contributed by atoms with E-state index in [1.54, 1.807) is 0 Å². The first-order valence-corrected chi connectivity index (χ1v) is 5.30. The molecule has 0 heterocycles. The predicted molar refractivity (Wildman–Crippen MR) is 64.5 cm³/mol. The SMILES string of the molecule is C=CC[C@H](NC(=O)Cc1ccccc1)C(=O)O. The van der Waals surface area contributed by atoms with E-state index in [1.807, 2.05) is 30.3 Å². The third-order valence-corrected chi connectivity index (χ3v) is 2.24. The maximum atomic E-state index is 11.6. The molecule has 17 heavy (non-hydrogen) atoms. The summed E-state index contributed by atoms with van der Waals surface area (Å²) in [5.74, 6) is -1.35. The molecule has 2 N–H and O–H groups in total. The van der Waals surface area contributed by atoms with Gasteiger partial charge in [0, 0.05) is 0 Å². The van der Waals surface area contributed by atoms with Crippen molar-refractivity contribution in [1.29, 1.82) is 0 Å². The van der Waals surface area contributed by atoms with Crippen LogP contribution < -0.4 is 5.32 Å². The van der Waals surface area contributed by atoms with Crippen molar-refractivity contribution in [3.8, 4) is 0 Å². The van der Waals surface area contributed by atoms with Crippen LogP contribution in [-0.4, -0.2) is 23.0 Å². The van der Waals surface area contributed by atoms with Crippen LogP contribution in [0.2, 0.25) is 0 Å². The monoisotopic (exact) mass is 233 g/mol. The highest BCUT2D eigenvalue weighted by Crippen LogP contribution is 2.00. The Kier molecular flexibility index (Phi) is 4.94. The van der Waals surface area contributed by atoms with E-state index in [0.29, 0.717) is 0 Å². The predicted octanol–water partition coefficient (Wildman–Crippen LogP) is 1.37. The Labute approximate surface area is 100.0 Å². The first kappa shape index (κ1) is 13.0. The van der Waals surface area contributed by atoms with Crippen LogP contribution in [0.15, 0.2) is 43.0 Å². The van der Waals surface area contributed by atoms with Crippen molar-refractivity contribution in [3.63, 3.8) is 0 Å². The molecule has 1 aromatic rings. The molecular weight excluding hydrogens is 218 g/mol. The number of hydrogen-bond acceptors (Lipinski definition) is 2. The van der Waals surface area contributed by atoms with Gasteiger partial charge in [-0.1, -0.05) is 36.4 Å². The van der Waals surface area contributed by atoms with Gasteiger partial charge in [-0.3, -0.25) is 4.79 Å². The Balaban J connectivity index is 2.53. The van der Waals surface area contributed by atoms with E-state index >= 15 is 0 Å². The van der Waals surface area contributed by atoms with Crippen LogP contribution in [0.3, 0.4) is 0 Å². The summed E-state index contributed by atoms with van der Waals surface area (Å²) in [4.78, 5) is 22.4. The lowest BCUT2D eigenvalue weighted by molar-refractivity contribution is -0.141. The molecule has 0 aliphatic heterocycles. The van der Waals surface area contributed by atoms with Gasteiger partial charge in [0.05, 0.1) is 6.42 Å². The fourth-order valence-electron chi connectivity index (χ4n) is 1.41. The molecule has 0 radical (unpaired) electrons. The van der Waals surface area contributed by atoms with Crippen molar-refractivity contribution in [2.75, 3.05) is 0 Å². The normalized spacial score (nSPS) is 11.5. The molecular formula is C13H15NO3. The Morgan fingerprint density at radius 1 is 1.35 bits per heavy atom. The van der Waals surface area contributed by atoms with Crippen molar-refractivity contribution in [2.45, 2.75) is 18.9 Å². The van der Waals surface area contributed by atoms with E-state index < -0.39 is 12.0 Å². The quantitative estimate of drug-likeness (QED) is 0.729. The summed E-state index contributed by atoms with van der Waals surface area (Å²) in [7, 11) is 0. The highest BCUT2D eigenvalue weighted by molar-refractivity contribution is 5.84. The van der Waals surface area contributed by atoms with Gasteiger partial charge >= 0.3 is 5.97 Å². The van der Waals surface area contributed by atoms with Gasteiger partial charge in [0.1, 0.15) is 6.04 Å². The molecule has 1 amide bonds. The molecule has 4 heteroatoms. The van der Waals surface area contributed by atoms with E-state index in [9.17, 15) is 9.59 Å². The number of carbonyl (C=O) groups is 2. The second-order valence-corrected chi connectivity index (χ2v) is 3.65. The van der Waals surface area contributed by atoms with E-state index in [-0.39, 0.29) is 18.7 Å². The average molecular weight is 233 g/mol. The number of carbonyl (C=O) groups excluding carboxylic acids is 1. The smallest absolute Gasteiger partial charge is 0.326 e. The van der Waals surface area contributed by atoms with E-state index in [1.165, 1.54) is 6.08 Å². The summed E-state index contributed by atoms with van der Waals surface area (Å²) >= 11 is 0. The first-order chi connectivity index (χ1) is 8.13. The molecule has 0 bridgehead atoms. The minimum Gasteiger partial charge on any atom is -0.480 e. The standard InChI is InChI=1S/C13H15NO3/c1-2-6-11(13(16)17)14-12(15)9-10-7-4-3-5-8-10/h2-5,7-8,11H,1,6,9H2,(H,14,15)(H,16,17)/t11-/m0/s1. The van der Waals surface area contributed by atoms with Gasteiger partial charge in [-0.15, -0.1) is 6.58 Å². The van der Waals surface area contributed by atoms with Crippen LogP contribution in [-0.2, 0) is 16.0 Å². The third kappa shape index (κ3) is 4.51. The largest absolute Gasteiger partial charge is 0.480 e. The van der Waals surface area contributed by atoms with Crippen molar-refractivity contribution in [2.24, 2.45) is 0 Å². The lowest BCUT2D eigenvalue weighted by Gasteiger charge is -2.12. The maximum absolute atomic E-state index is 11.6. The van der Waals surface area contributed by atoms with Gasteiger partial charge in [-0.2, -0.15) is 0 Å². The summed E-state index contributed by atoms with van der Waals surface area (Å²) in [5, 5.41) is 11.3. The average Bonchev–Trinajstić information content (AvgIpc) is 2.29. The number of aliphatic carboxylic acids is 1. The summed E-state index contributed by atoms with van der Waals surface area (Å²) < 4.78 is 0. The summed E-state index contributed by atoms with van der Waals surface area (Å²) in [6.45, 7) is 3.46. The van der Waals surface area contributed by atoms with Crippen molar-refractivity contribution < 1.29 is 14.7 Å². The summed E-state index contributed by atoms with van der Waals surface area (Å²) in [5.41, 5.74) is 0.854. The van der Waals surface area contributed by atoms with E-state index in [2.05, 4.69) is 11.9 Å². The first-order valence-electron chi connectivity index (χ1n) is 5.30. The number of rotatable bonds is 6. The Bertz CT molecular complexity index is 400. The van der Waals surface area contributed by atoms with Crippen molar-refractivity contribution >= 4 is 11.9 Å². The van der Waals surface area contributed by atoms with Gasteiger partial charge in [-0.05, 0) is 12.0 Å². The van der Waals surface area contributed by atoms with Gasteiger partial charge < -0.3 is 10.4 Å². The zero-order chi connectivity index (χ0) is 12.7. The van der Waals surface area contributed by atoms with Gasteiger partial charge in [0.15, 0.2) is 0 Å². The van der Waals surface area contributed by atoms with Gasteiger partial charge in [-0.25, -0.2) is 4.79 Å². The number of hydrogen-bond donors (Lipinski definition) is 2. The zero-order valence-corrected chi connectivity index (χ0v) is 9.43. The zero-order valence-electron chi connectivity index (χ0n) is 9.43. The number of amides is 1. The van der Waals surface area contributed by atoms with Crippen LogP contribution in [0.4, 0.5) is 0 Å². The van der Waals surface area contributed by atoms with Crippen LogP contribution in [0, 0.1) is 0 Å². The Morgan fingerprint density at radius 3 is 2.53 bits per heavy atom. The molecule has 0 unspecified atom stereocenters. The highest BCUT2D eigenvalue weighted by Gasteiger charge is 2.17. The molecule has 0 aliphatic carbocycles. The molecule has 1 atom stereocenters. The van der Waals surface area contributed by atoms with Crippen LogP contribution in [0.5, 0.6) is 0 Å². The molecule has 90 valence electrons. The molecule has 0 saturated carbocycles. The summed E-state index contributed by atoms with van der Waals surface area (Å²) in [6, 6.07) is 8.27. The van der Waals surface area contributed by atoms with Gasteiger partial charge in [0.2, 0.25) is 5.91 Å². The topological polar surface area (TPSA) is 66.4 Å². The number of nitrogens with one attached hydrogen (secondary N) is 1. The van der Waals surface area contributed by atoms with E-state index in [4.69, 9.17) is 5.11 Å². The molecule has 0 saturated heterocycles. The molecule has 0 aliphatic rings. The highest BCUT2D eigenvalue weighted by atomic mass is 16.4. The molecule has 1 aromatic carbocycles. The third-order valence-electron chi connectivity index (χ3n) is 2.24. The van der Waals surface area contributed by atoms with Crippen LogP contribution in [0.25, 0.3) is 0 Å². The Hall–Kier alpha value is -2.10. The molecule has 1 rings (SSSR count). The van der Waals surface area contributed by atoms with Crippen molar-refractivity contribution in [3.05, 3.63) is 48.6 Å². The number of carboxylic acids is 1. The summed E-state index contributed by atoms with van der Waals surface area (Å²) in [6.07, 6.45) is 1.87. The lowest BCUT2D eigenvalue weighted by atomic mass is 10.1. The minimum absolute atomic E-state index is 0.182. The van der Waals surface area contributed by atoms with Gasteiger partial charge in [0.25, 0.3) is 0 Å². The molecule has 4 nitrogen and oxygen atoms in total. The lowest BCUT2D eigenvalue weighted by Crippen LogP contribution is -2.41. The maximum Gasteiger partial charge on any atom is 0.326 e. The number of carboxylic acid groups (broad SMARTS) is 1. The Morgan fingerprint density at radius 2 is 2.00 bits per heavy atom. The second kappa shape index (κ2) is 6.48. The minimum atomic E-state index is -1.05. The van der Waals surface area contributed by atoms with Crippen LogP contribution >= 0.6 is 0 Å². The van der Waals surface area contributed by atoms with Crippen molar-refractivity contribution in [1.82, 2.24) is 5.32 Å². The molecule has 0 spiro atoms.